The molecular formula is C17H22N2. The molecule has 2 nitrogen and oxygen atoms in total. The van der Waals surface area contributed by atoms with Crippen LogP contribution in [-0.4, -0.2) is 11.1 Å². The number of nitrogens with zero attached hydrogens (tertiary/aromatic N) is 1. The third-order valence-corrected chi connectivity index (χ3v) is 3.15. The van der Waals surface area contributed by atoms with Gasteiger partial charge in [0.1, 0.15) is 0 Å². The van der Waals surface area contributed by atoms with Crippen LogP contribution in [0.1, 0.15) is 26.3 Å². The topological polar surface area (TPSA) is 17.0 Å². The lowest BCUT2D eigenvalue weighted by atomic mass is 10.1. The minimum Gasteiger partial charge on any atom is -0.336 e. The van der Waals surface area contributed by atoms with Crippen molar-refractivity contribution < 1.29 is 0 Å². The second-order valence-electron chi connectivity index (χ2n) is 5.29. The van der Waals surface area contributed by atoms with Crippen LogP contribution in [0, 0.1) is 17.8 Å². The molecule has 0 aliphatic rings. The van der Waals surface area contributed by atoms with Crippen LogP contribution in [0.3, 0.4) is 0 Å². The average Bonchev–Trinajstić information content (AvgIpc) is 2.78. The highest BCUT2D eigenvalue weighted by Gasteiger charge is 2.02. The summed E-state index contributed by atoms with van der Waals surface area (Å²) in [4.78, 5) is 0. The van der Waals surface area contributed by atoms with Gasteiger partial charge in [0.05, 0.1) is 6.54 Å². The van der Waals surface area contributed by atoms with Gasteiger partial charge in [0.25, 0.3) is 0 Å². The highest BCUT2D eigenvalue weighted by molar-refractivity contribution is 5.80. The molecule has 1 heterocycles. The van der Waals surface area contributed by atoms with E-state index >= 15 is 0 Å². The van der Waals surface area contributed by atoms with Crippen molar-refractivity contribution in [3.8, 4) is 11.8 Å². The second-order valence-corrected chi connectivity index (χ2v) is 5.29. The first kappa shape index (κ1) is 13.7. The zero-order valence-corrected chi connectivity index (χ0v) is 12.0. The minimum atomic E-state index is 0.687. The van der Waals surface area contributed by atoms with E-state index in [9.17, 15) is 0 Å². The molecule has 0 radical (unpaired) electrons. The van der Waals surface area contributed by atoms with E-state index in [-0.39, 0.29) is 0 Å². The van der Waals surface area contributed by atoms with Gasteiger partial charge in [-0.3, -0.25) is 0 Å². The van der Waals surface area contributed by atoms with Gasteiger partial charge in [-0.2, -0.15) is 0 Å². The molecule has 0 saturated heterocycles. The molecular weight excluding hydrogens is 232 g/mol. The molecule has 0 unspecified atom stereocenters. The largest absolute Gasteiger partial charge is 0.336 e. The fourth-order valence-electron chi connectivity index (χ4n) is 2.15. The highest BCUT2D eigenvalue weighted by atomic mass is 14.9. The van der Waals surface area contributed by atoms with Crippen molar-refractivity contribution in [2.45, 2.75) is 33.9 Å². The van der Waals surface area contributed by atoms with Crippen LogP contribution in [0.5, 0.6) is 0 Å². The Morgan fingerprint density at radius 2 is 2.11 bits per heavy atom. The lowest BCUT2D eigenvalue weighted by Crippen LogP contribution is -2.18. The zero-order chi connectivity index (χ0) is 13.7. The van der Waals surface area contributed by atoms with Gasteiger partial charge in [-0.05, 0) is 42.5 Å². The third-order valence-electron chi connectivity index (χ3n) is 3.15. The van der Waals surface area contributed by atoms with E-state index in [4.69, 9.17) is 0 Å². The van der Waals surface area contributed by atoms with E-state index in [1.54, 1.807) is 0 Å². The number of aromatic nitrogens is 1. The lowest BCUT2D eigenvalue weighted by Gasteiger charge is -2.08. The number of benzene rings is 1. The highest BCUT2D eigenvalue weighted by Crippen LogP contribution is 2.17. The summed E-state index contributed by atoms with van der Waals surface area (Å²) >= 11 is 0. The summed E-state index contributed by atoms with van der Waals surface area (Å²) in [7, 11) is 0. The molecule has 19 heavy (non-hydrogen) atoms. The fraction of sp³-hybridized carbons (Fsp3) is 0.412. The Kier molecular flexibility index (Phi) is 4.65. The van der Waals surface area contributed by atoms with Crippen LogP contribution in [0.4, 0.5) is 0 Å². The molecule has 0 bridgehead atoms. The smallest absolute Gasteiger partial charge is 0.0837 e. The van der Waals surface area contributed by atoms with Gasteiger partial charge >= 0.3 is 0 Å². The molecule has 2 aromatic rings. The van der Waals surface area contributed by atoms with E-state index in [0.717, 1.165) is 19.6 Å². The van der Waals surface area contributed by atoms with Crippen LogP contribution >= 0.6 is 0 Å². The predicted octanol–water partition coefficient (Wildman–Crippen LogP) is 3.41. The number of hydrogen-bond donors (Lipinski definition) is 1. The van der Waals surface area contributed by atoms with Crippen LogP contribution in [0.25, 0.3) is 10.9 Å². The van der Waals surface area contributed by atoms with E-state index in [1.165, 1.54) is 16.5 Å². The van der Waals surface area contributed by atoms with Gasteiger partial charge in [-0.1, -0.05) is 31.9 Å². The van der Waals surface area contributed by atoms with Gasteiger partial charge in [0.15, 0.2) is 0 Å². The summed E-state index contributed by atoms with van der Waals surface area (Å²) in [5.74, 6) is 6.75. The average molecular weight is 254 g/mol. The van der Waals surface area contributed by atoms with Gasteiger partial charge < -0.3 is 9.88 Å². The maximum Gasteiger partial charge on any atom is 0.0837 e. The molecule has 0 atom stereocenters. The van der Waals surface area contributed by atoms with E-state index in [1.807, 2.05) is 6.92 Å². The van der Waals surface area contributed by atoms with Gasteiger partial charge in [-0.15, -0.1) is 5.92 Å². The van der Waals surface area contributed by atoms with Crippen molar-refractivity contribution in [1.82, 2.24) is 9.88 Å². The molecule has 0 spiro atoms. The van der Waals surface area contributed by atoms with Gasteiger partial charge in [-0.25, -0.2) is 0 Å². The molecule has 1 aromatic carbocycles. The zero-order valence-electron chi connectivity index (χ0n) is 12.0. The van der Waals surface area contributed by atoms with Gasteiger partial charge in [0, 0.05) is 18.3 Å². The van der Waals surface area contributed by atoms with Crippen molar-refractivity contribution in [1.29, 1.82) is 0 Å². The summed E-state index contributed by atoms with van der Waals surface area (Å²) in [6, 6.07) is 8.81. The summed E-state index contributed by atoms with van der Waals surface area (Å²) in [5, 5.41) is 4.77. The molecule has 0 amide bonds. The summed E-state index contributed by atoms with van der Waals surface area (Å²) in [6.45, 7) is 9.09. The SMILES string of the molecule is CC#CCn1ccc2ccc(CNCC(C)C)cc21. The lowest BCUT2D eigenvalue weighted by molar-refractivity contribution is 0.552. The number of nitrogens with one attached hydrogen (secondary N) is 1. The van der Waals surface area contributed by atoms with Crippen molar-refractivity contribution in [2.24, 2.45) is 5.92 Å². The standard InChI is InChI=1S/C17H22N2/c1-4-5-9-19-10-8-16-7-6-15(11-17(16)19)13-18-12-14(2)3/h6-8,10-11,14,18H,9,12-13H2,1-3H3. The minimum absolute atomic E-state index is 0.687. The van der Waals surface area contributed by atoms with Crippen molar-refractivity contribution >= 4 is 10.9 Å². The van der Waals surface area contributed by atoms with Gasteiger partial charge in [0.2, 0.25) is 0 Å². The molecule has 0 fully saturated rings. The van der Waals surface area contributed by atoms with Crippen molar-refractivity contribution in [3.05, 3.63) is 36.0 Å². The summed E-state index contributed by atoms with van der Waals surface area (Å²) in [5.41, 5.74) is 2.60. The first-order valence-corrected chi connectivity index (χ1v) is 6.89. The maximum absolute atomic E-state index is 3.48. The van der Waals surface area contributed by atoms with Crippen LogP contribution in [0.2, 0.25) is 0 Å². The Balaban J connectivity index is 2.15. The number of rotatable bonds is 5. The second kappa shape index (κ2) is 6.45. The fourth-order valence-corrected chi connectivity index (χ4v) is 2.15. The first-order valence-electron chi connectivity index (χ1n) is 6.89. The molecule has 2 heteroatoms. The third kappa shape index (κ3) is 3.62. The number of hydrogen-bond acceptors (Lipinski definition) is 1. The number of fused-ring (bicyclic) bond motifs is 1. The maximum atomic E-state index is 3.48. The molecule has 1 N–H and O–H groups in total. The molecule has 2 rings (SSSR count). The Morgan fingerprint density at radius 3 is 2.84 bits per heavy atom. The van der Waals surface area contributed by atoms with Crippen molar-refractivity contribution in [3.63, 3.8) is 0 Å². The predicted molar refractivity (Wildman–Crippen MR) is 81.9 cm³/mol. The molecule has 0 aliphatic heterocycles. The Hall–Kier alpha value is -1.72. The molecule has 0 saturated carbocycles. The quantitative estimate of drug-likeness (QED) is 0.809. The monoisotopic (exact) mass is 254 g/mol. The first-order chi connectivity index (χ1) is 9.20. The molecule has 1 aromatic heterocycles. The Bertz CT molecular complexity index is 596. The summed E-state index contributed by atoms with van der Waals surface area (Å²) in [6.07, 6.45) is 2.11. The van der Waals surface area contributed by atoms with Crippen LogP contribution in [-0.2, 0) is 13.1 Å². The Labute approximate surface area is 115 Å². The Morgan fingerprint density at radius 1 is 1.26 bits per heavy atom. The van der Waals surface area contributed by atoms with Crippen LogP contribution < -0.4 is 5.32 Å². The molecule has 100 valence electrons. The van der Waals surface area contributed by atoms with E-state index in [0.29, 0.717) is 5.92 Å². The van der Waals surface area contributed by atoms with E-state index < -0.39 is 0 Å². The van der Waals surface area contributed by atoms with E-state index in [2.05, 4.69) is 66.0 Å². The van der Waals surface area contributed by atoms with Crippen molar-refractivity contribution in [2.75, 3.05) is 6.54 Å². The summed E-state index contributed by atoms with van der Waals surface area (Å²) < 4.78 is 2.21. The normalized spacial score (nSPS) is 10.7. The molecule has 0 aliphatic carbocycles. The van der Waals surface area contributed by atoms with Crippen LogP contribution in [0.15, 0.2) is 30.5 Å².